The zero-order valence-electron chi connectivity index (χ0n) is 13.4. The summed E-state index contributed by atoms with van der Waals surface area (Å²) in [4.78, 5) is 33.2. The van der Waals surface area contributed by atoms with Crippen molar-refractivity contribution < 1.29 is 14.3 Å². The first-order valence-corrected chi connectivity index (χ1v) is 8.23. The van der Waals surface area contributed by atoms with Gasteiger partial charge in [-0.1, -0.05) is 19.9 Å². The fraction of sp³-hybridized carbons (Fsp3) is 0.588. The van der Waals surface area contributed by atoms with Gasteiger partial charge >= 0.3 is 0 Å². The number of amides is 2. The maximum atomic E-state index is 12.8. The Kier molecular flexibility index (Phi) is 3.20. The zero-order valence-corrected chi connectivity index (χ0v) is 13.4. The van der Waals surface area contributed by atoms with Crippen molar-refractivity contribution in [1.82, 2.24) is 14.8 Å². The second-order valence-corrected chi connectivity index (χ2v) is 6.91. The van der Waals surface area contributed by atoms with E-state index in [9.17, 15) is 9.59 Å². The van der Waals surface area contributed by atoms with Crippen LogP contribution in [0.5, 0.6) is 0 Å². The van der Waals surface area contributed by atoms with Crippen LogP contribution in [0, 0.1) is 5.92 Å². The van der Waals surface area contributed by atoms with Crippen molar-refractivity contribution in [2.45, 2.75) is 44.5 Å². The van der Waals surface area contributed by atoms with Gasteiger partial charge in [0.25, 0.3) is 5.91 Å². The summed E-state index contributed by atoms with van der Waals surface area (Å²) in [5, 5.41) is 0. The minimum Gasteiger partial charge on any atom is -0.351 e. The molecule has 6 nitrogen and oxygen atoms in total. The van der Waals surface area contributed by atoms with Gasteiger partial charge in [-0.15, -0.1) is 0 Å². The Bertz CT molecular complexity index is 648. The average molecular weight is 315 g/mol. The van der Waals surface area contributed by atoms with Crippen molar-refractivity contribution in [2.24, 2.45) is 5.92 Å². The van der Waals surface area contributed by atoms with Crippen LogP contribution in [0.25, 0.3) is 0 Å². The van der Waals surface area contributed by atoms with Gasteiger partial charge in [0.05, 0.1) is 25.1 Å². The molecule has 3 saturated heterocycles. The van der Waals surface area contributed by atoms with Crippen molar-refractivity contribution >= 4 is 11.8 Å². The second-order valence-electron chi connectivity index (χ2n) is 6.91. The van der Waals surface area contributed by atoms with Crippen molar-refractivity contribution in [1.29, 1.82) is 0 Å². The van der Waals surface area contributed by atoms with E-state index in [2.05, 4.69) is 18.8 Å². The molecule has 1 aromatic heterocycles. The number of hydrogen-bond acceptors (Lipinski definition) is 4. The Morgan fingerprint density at radius 3 is 2.96 bits per heavy atom. The number of carbonyl (C=O) groups is 2. The van der Waals surface area contributed by atoms with Crippen LogP contribution in [0.1, 0.15) is 37.2 Å². The lowest BCUT2D eigenvalue weighted by Gasteiger charge is -2.34. The van der Waals surface area contributed by atoms with Gasteiger partial charge in [-0.3, -0.25) is 14.6 Å². The molecule has 6 heteroatoms. The number of nitrogens with zero attached hydrogens (tertiary/aromatic N) is 3. The molecule has 3 aliphatic heterocycles. The molecular weight excluding hydrogens is 294 g/mol. The normalized spacial score (nSPS) is 32.6. The quantitative estimate of drug-likeness (QED) is 0.825. The number of likely N-dealkylation sites (tertiary alicyclic amines) is 1. The molecule has 0 saturated carbocycles. The van der Waals surface area contributed by atoms with Crippen molar-refractivity contribution in [3.8, 4) is 0 Å². The van der Waals surface area contributed by atoms with E-state index < -0.39 is 5.72 Å². The monoisotopic (exact) mass is 315 g/mol. The number of aromatic nitrogens is 1. The largest absolute Gasteiger partial charge is 0.351 e. The highest BCUT2D eigenvalue weighted by Gasteiger charge is 2.65. The average Bonchev–Trinajstić information content (AvgIpc) is 3.17. The van der Waals surface area contributed by atoms with E-state index in [0.29, 0.717) is 37.6 Å². The lowest BCUT2D eigenvalue weighted by Crippen LogP contribution is -2.51. The van der Waals surface area contributed by atoms with Crippen LogP contribution in [-0.4, -0.2) is 57.6 Å². The van der Waals surface area contributed by atoms with Gasteiger partial charge in [-0.05, 0) is 18.1 Å². The van der Waals surface area contributed by atoms with E-state index in [1.54, 1.807) is 29.3 Å². The second kappa shape index (κ2) is 5.03. The van der Waals surface area contributed by atoms with Crippen LogP contribution in [0.4, 0.5) is 0 Å². The summed E-state index contributed by atoms with van der Waals surface area (Å²) in [6.07, 6.45) is 2.65. The van der Waals surface area contributed by atoms with E-state index in [1.807, 2.05) is 4.90 Å². The molecule has 0 radical (unpaired) electrons. The molecule has 0 unspecified atom stereocenters. The predicted molar refractivity (Wildman–Crippen MR) is 82.5 cm³/mol. The standard InChI is InChI=1S/C17H21N3O3/c1-11(2)13-10-23-17-6-8-19(14(17)9-15(21)20(13)17)16(22)12-5-3-4-7-18-12/h3-5,7,11,13-14H,6,8-10H2,1-2H3/t13-,14+,17-/m0/s1. The first-order chi connectivity index (χ1) is 11.0. The molecule has 0 bridgehead atoms. The highest BCUT2D eigenvalue weighted by molar-refractivity contribution is 5.94. The fourth-order valence-corrected chi connectivity index (χ4v) is 4.25. The molecule has 3 fully saturated rings. The Morgan fingerprint density at radius 2 is 2.26 bits per heavy atom. The summed E-state index contributed by atoms with van der Waals surface area (Å²) in [5.74, 6) is 0.334. The summed E-state index contributed by atoms with van der Waals surface area (Å²) in [6.45, 7) is 5.39. The Labute approximate surface area is 135 Å². The van der Waals surface area contributed by atoms with Gasteiger partial charge in [0.15, 0.2) is 5.72 Å². The lowest BCUT2D eigenvalue weighted by molar-refractivity contribution is -0.139. The summed E-state index contributed by atoms with van der Waals surface area (Å²) in [7, 11) is 0. The first kappa shape index (κ1) is 14.6. The highest BCUT2D eigenvalue weighted by Crippen LogP contribution is 2.49. The van der Waals surface area contributed by atoms with Crippen LogP contribution in [-0.2, 0) is 9.53 Å². The van der Waals surface area contributed by atoms with Crippen LogP contribution >= 0.6 is 0 Å². The third-order valence-electron chi connectivity index (χ3n) is 5.40. The molecule has 3 atom stereocenters. The molecule has 0 N–H and O–H groups in total. The van der Waals surface area contributed by atoms with E-state index in [0.717, 1.165) is 0 Å². The lowest BCUT2D eigenvalue weighted by atomic mass is 10.0. The van der Waals surface area contributed by atoms with Gasteiger partial charge < -0.3 is 14.5 Å². The molecule has 122 valence electrons. The Hall–Kier alpha value is -1.95. The maximum Gasteiger partial charge on any atom is 0.272 e. The number of ether oxygens (including phenoxy) is 1. The first-order valence-electron chi connectivity index (χ1n) is 8.23. The molecule has 4 rings (SSSR count). The van der Waals surface area contributed by atoms with Gasteiger partial charge in [-0.2, -0.15) is 0 Å². The van der Waals surface area contributed by atoms with E-state index in [-0.39, 0.29) is 23.9 Å². The molecule has 3 aliphatic rings. The summed E-state index contributed by atoms with van der Waals surface area (Å²) in [5.41, 5.74) is -0.190. The van der Waals surface area contributed by atoms with Crippen molar-refractivity contribution in [2.75, 3.05) is 13.2 Å². The Balaban J connectivity index is 1.65. The van der Waals surface area contributed by atoms with Gasteiger partial charge in [-0.25, -0.2) is 0 Å². The van der Waals surface area contributed by atoms with Crippen molar-refractivity contribution in [3.63, 3.8) is 0 Å². The smallest absolute Gasteiger partial charge is 0.272 e. The van der Waals surface area contributed by atoms with Gasteiger partial charge in [0, 0.05) is 19.2 Å². The molecule has 23 heavy (non-hydrogen) atoms. The number of carbonyl (C=O) groups excluding carboxylic acids is 2. The van der Waals surface area contributed by atoms with E-state index in [4.69, 9.17) is 4.74 Å². The van der Waals surface area contributed by atoms with E-state index in [1.165, 1.54) is 0 Å². The Morgan fingerprint density at radius 1 is 1.43 bits per heavy atom. The van der Waals surface area contributed by atoms with Gasteiger partial charge in [0.1, 0.15) is 5.69 Å². The maximum absolute atomic E-state index is 12.8. The molecule has 0 aromatic carbocycles. The van der Waals surface area contributed by atoms with Gasteiger partial charge in [0.2, 0.25) is 5.91 Å². The van der Waals surface area contributed by atoms with Crippen LogP contribution in [0.15, 0.2) is 24.4 Å². The SMILES string of the molecule is CC(C)[C@@H]1CO[C@@]23CCN(C(=O)c4ccccn4)[C@@H]2CC(=O)N13. The van der Waals surface area contributed by atoms with E-state index >= 15 is 0 Å². The highest BCUT2D eigenvalue weighted by atomic mass is 16.5. The summed E-state index contributed by atoms with van der Waals surface area (Å²) in [6, 6.07) is 5.22. The summed E-state index contributed by atoms with van der Waals surface area (Å²) >= 11 is 0. The molecule has 1 spiro atoms. The minimum atomic E-state index is -0.615. The van der Waals surface area contributed by atoms with Crippen LogP contribution in [0.3, 0.4) is 0 Å². The van der Waals surface area contributed by atoms with Crippen LogP contribution in [0.2, 0.25) is 0 Å². The zero-order chi connectivity index (χ0) is 16.2. The predicted octanol–water partition coefficient (Wildman–Crippen LogP) is 1.28. The minimum absolute atomic E-state index is 0.102. The number of hydrogen-bond donors (Lipinski definition) is 0. The molecule has 1 aromatic rings. The number of rotatable bonds is 2. The number of pyridine rings is 1. The third-order valence-corrected chi connectivity index (χ3v) is 5.40. The van der Waals surface area contributed by atoms with Crippen LogP contribution < -0.4 is 0 Å². The molecule has 0 aliphatic carbocycles. The topological polar surface area (TPSA) is 62.7 Å². The molecular formula is C17H21N3O3. The summed E-state index contributed by atoms with van der Waals surface area (Å²) < 4.78 is 6.14. The van der Waals surface area contributed by atoms with Crippen molar-refractivity contribution in [3.05, 3.63) is 30.1 Å². The molecule has 2 amide bonds. The third kappa shape index (κ3) is 1.94. The molecule has 4 heterocycles. The fourth-order valence-electron chi connectivity index (χ4n) is 4.25.